The lowest BCUT2D eigenvalue weighted by Gasteiger charge is -2.22. The molecule has 0 saturated heterocycles. The zero-order chi connectivity index (χ0) is 16.8. The molecule has 1 fully saturated rings. The van der Waals surface area contributed by atoms with E-state index in [-0.39, 0.29) is 12.1 Å². The molecule has 2 aromatic rings. The van der Waals surface area contributed by atoms with Gasteiger partial charge < -0.3 is 10.1 Å². The fraction of sp³-hybridized carbons (Fsp3) is 0.389. The van der Waals surface area contributed by atoms with Crippen LogP contribution in [0.5, 0.6) is 5.75 Å². The maximum Gasteiger partial charge on any atom is 0.320 e. The zero-order valence-corrected chi connectivity index (χ0v) is 13.8. The van der Waals surface area contributed by atoms with Crippen LogP contribution in [0.2, 0.25) is 0 Å². The van der Waals surface area contributed by atoms with Crippen LogP contribution in [0, 0.1) is 0 Å². The van der Waals surface area contributed by atoms with E-state index in [0.717, 1.165) is 24.2 Å². The van der Waals surface area contributed by atoms with Crippen molar-refractivity contribution in [2.24, 2.45) is 0 Å². The van der Waals surface area contributed by atoms with Gasteiger partial charge in [0, 0.05) is 17.7 Å². The van der Waals surface area contributed by atoms with E-state index in [0.29, 0.717) is 11.5 Å². The number of methoxy groups -OCH3 is 1. The van der Waals surface area contributed by atoms with Gasteiger partial charge in [-0.2, -0.15) is 0 Å². The van der Waals surface area contributed by atoms with Crippen LogP contribution < -0.4 is 15.4 Å². The Morgan fingerprint density at radius 1 is 1.17 bits per heavy atom. The van der Waals surface area contributed by atoms with Crippen molar-refractivity contribution >= 4 is 11.8 Å². The summed E-state index contributed by atoms with van der Waals surface area (Å²) in [7, 11) is 1.62. The van der Waals surface area contributed by atoms with E-state index in [1.165, 1.54) is 25.6 Å². The Labute approximate surface area is 141 Å². The van der Waals surface area contributed by atoms with Crippen molar-refractivity contribution in [1.82, 2.24) is 15.3 Å². The summed E-state index contributed by atoms with van der Waals surface area (Å²) in [6.45, 7) is 0. The van der Waals surface area contributed by atoms with Crippen LogP contribution in [-0.4, -0.2) is 29.2 Å². The molecule has 0 aliphatic heterocycles. The SMILES string of the molecule is COc1ccccc1-c1cc(NC(=O)NC2CCCCC2)ncn1. The second kappa shape index (κ2) is 7.77. The van der Waals surface area contributed by atoms with Crippen LogP contribution in [0.1, 0.15) is 32.1 Å². The van der Waals surface area contributed by atoms with Gasteiger partial charge in [-0.25, -0.2) is 14.8 Å². The number of ether oxygens (including phenoxy) is 1. The van der Waals surface area contributed by atoms with Crippen LogP contribution in [0.25, 0.3) is 11.3 Å². The molecule has 6 nitrogen and oxygen atoms in total. The van der Waals surface area contributed by atoms with E-state index in [1.54, 1.807) is 13.2 Å². The number of aromatic nitrogens is 2. The normalized spacial score (nSPS) is 14.9. The van der Waals surface area contributed by atoms with Crippen LogP contribution in [0.3, 0.4) is 0 Å². The van der Waals surface area contributed by atoms with Gasteiger partial charge in [-0.1, -0.05) is 31.4 Å². The summed E-state index contributed by atoms with van der Waals surface area (Å²) in [5.74, 6) is 1.20. The highest BCUT2D eigenvalue weighted by atomic mass is 16.5. The fourth-order valence-electron chi connectivity index (χ4n) is 3.01. The zero-order valence-electron chi connectivity index (χ0n) is 13.8. The Hall–Kier alpha value is -2.63. The molecule has 3 rings (SSSR count). The minimum Gasteiger partial charge on any atom is -0.496 e. The highest BCUT2D eigenvalue weighted by molar-refractivity contribution is 5.89. The lowest BCUT2D eigenvalue weighted by atomic mass is 9.96. The third-order valence-electron chi connectivity index (χ3n) is 4.23. The molecule has 0 unspecified atom stereocenters. The first-order valence-corrected chi connectivity index (χ1v) is 8.29. The molecule has 2 amide bonds. The highest BCUT2D eigenvalue weighted by Crippen LogP contribution is 2.28. The second-order valence-electron chi connectivity index (χ2n) is 5.92. The third-order valence-corrected chi connectivity index (χ3v) is 4.23. The van der Waals surface area contributed by atoms with Gasteiger partial charge in [0.2, 0.25) is 0 Å². The smallest absolute Gasteiger partial charge is 0.320 e. The average Bonchev–Trinajstić information content (AvgIpc) is 2.62. The topological polar surface area (TPSA) is 76.1 Å². The molecule has 1 aromatic carbocycles. The Morgan fingerprint density at radius 3 is 2.75 bits per heavy atom. The number of amides is 2. The van der Waals surface area contributed by atoms with Gasteiger partial charge in [0.25, 0.3) is 0 Å². The first-order valence-electron chi connectivity index (χ1n) is 8.29. The summed E-state index contributed by atoms with van der Waals surface area (Å²) in [6, 6.07) is 9.41. The van der Waals surface area contributed by atoms with Crippen molar-refractivity contribution in [2.45, 2.75) is 38.1 Å². The standard InChI is InChI=1S/C18H22N4O2/c1-24-16-10-6-5-9-14(16)15-11-17(20-12-19-15)22-18(23)21-13-7-3-2-4-8-13/h5-6,9-13H,2-4,7-8H2,1H3,(H2,19,20,21,22,23). The Bertz CT molecular complexity index is 699. The van der Waals surface area contributed by atoms with E-state index < -0.39 is 0 Å². The summed E-state index contributed by atoms with van der Waals surface area (Å²) in [5.41, 5.74) is 1.56. The van der Waals surface area contributed by atoms with Crippen LogP contribution >= 0.6 is 0 Å². The van der Waals surface area contributed by atoms with Gasteiger partial charge >= 0.3 is 6.03 Å². The average molecular weight is 326 g/mol. The monoisotopic (exact) mass is 326 g/mol. The number of hydrogen-bond acceptors (Lipinski definition) is 4. The maximum absolute atomic E-state index is 12.1. The molecule has 0 atom stereocenters. The molecule has 0 spiro atoms. The first-order chi connectivity index (χ1) is 11.8. The molecule has 0 radical (unpaired) electrons. The molecule has 0 bridgehead atoms. The Kier molecular flexibility index (Phi) is 5.25. The van der Waals surface area contributed by atoms with E-state index in [1.807, 2.05) is 24.3 Å². The van der Waals surface area contributed by atoms with E-state index in [2.05, 4.69) is 20.6 Å². The number of nitrogens with one attached hydrogen (secondary N) is 2. The molecule has 2 N–H and O–H groups in total. The van der Waals surface area contributed by atoms with Crippen LogP contribution in [0.15, 0.2) is 36.7 Å². The van der Waals surface area contributed by atoms with Gasteiger partial charge in [0.05, 0.1) is 12.8 Å². The van der Waals surface area contributed by atoms with Gasteiger partial charge in [-0.15, -0.1) is 0 Å². The minimum atomic E-state index is -0.216. The summed E-state index contributed by atoms with van der Waals surface area (Å²) in [6.07, 6.45) is 7.14. The highest BCUT2D eigenvalue weighted by Gasteiger charge is 2.16. The van der Waals surface area contributed by atoms with E-state index in [4.69, 9.17) is 4.74 Å². The third kappa shape index (κ3) is 4.01. The summed E-state index contributed by atoms with van der Waals surface area (Å²) in [5, 5.41) is 5.81. The van der Waals surface area contributed by atoms with Gasteiger partial charge in [0.15, 0.2) is 0 Å². The minimum absolute atomic E-state index is 0.216. The van der Waals surface area contributed by atoms with Crippen molar-refractivity contribution in [2.75, 3.05) is 12.4 Å². The molecule has 1 aliphatic rings. The molecule has 1 saturated carbocycles. The number of para-hydroxylation sites is 1. The Morgan fingerprint density at radius 2 is 1.96 bits per heavy atom. The largest absolute Gasteiger partial charge is 0.496 e. The summed E-state index contributed by atoms with van der Waals surface area (Å²) >= 11 is 0. The number of rotatable bonds is 4. The number of carbonyl (C=O) groups excluding carboxylic acids is 1. The molecule has 6 heteroatoms. The van der Waals surface area contributed by atoms with Gasteiger partial charge in [-0.3, -0.25) is 5.32 Å². The van der Waals surface area contributed by atoms with Crippen LogP contribution in [-0.2, 0) is 0 Å². The second-order valence-corrected chi connectivity index (χ2v) is 5.92. The molecule has 1 aromatic heterocycles. The quantitative estimate of drug-likeness (QED) is 0.900. The Balaban J connectivity index is 1.70. The first kappa shape index (κ1) is 16.2. The molecule has 24 heavy (non-hydrogen) atoms. The lowest BCUT2D eigenvalue weighted by molar-refractivity contribution is 0.244. The number of urea groups is 1. The van der Waals surface area contributed by atoms with Crippen molar-refractivity contribution in [1.29, 1.82) is 0 Å². The van der Waals surface area contributed by atoms with Crippen molar-refractivity contribution in [3.8, 4) is 17.0 Å². The number of nitrogens with zero attached hydrogens (tertiary/aromatic N) is 2. The van der Waals surface area contributed by atoms with Crippen molar-refractivity contribution < 1.29 is 9.53 Å². The molecular formula is C18H22N4O2. The number of hydrogen-bond donors (Lipinski definition) is 2. The maximum atomic E-state index is 12.1. The predicted octanol–water partition coefficient (Wildman–Crippen LogP) is 3.61. The van der Waals surface area contributed by atoms with Gasteiger partial charge in [0.1, 0.15) is 17.9 Å². The molecule has 1 aliphatic carbocycles. The van der Waals surface area contributed by atoms with Crippen molar-refractivity contribution in [3.63, 3.8) is 0 Å². The lowest BCUT2D eigenvalue weighted by Crippen LogP contribution is -2.39. The van der Waals surface area contributed by atoms with Gasteiger partial charge in [-0.05, 0) is 25.0 Å². The molecular weight excluding hydrogens is 304 g/mol. The predicted molar refractivity (Wildman–Crippen MR) is 93.0 cm³/mol. The summed E-state index contributed by atoms with van der Waals surface area (Å²) < 4.78 is 5.36. The fourth-order valence-corrected chi connectivity index (χ4v) is 3.01. The van der Waals surface area contributed by atoms with Crippen molar-refractivity contribution in [3.05, 3.63) is 36.7 Å². The van der Waals surface area contributed by atoms with E-state index >= 15 is 0 Å². The number of benzene rings is 1. The van der Waals surface area contributed by atoms with Crippen LogP contribution in [0.4, 0.5) is 10.6 Å². The summed E-state index contributed by atoms with van der Waals surface area (Å²) in [4.78, 5) is 20.6. The number of carbonyl (C=O) groups is 1. The molecule has 1 heterocycles. The number of anilines is 1. The van der Waals surface area contributed by atoms with E-state index in [9.17, 15) is 4.79 Å². The molecule has 126 valence electrons.